The molecule has 0 amide bonds. The monoisotopic (exact) mass is 2380 g/mol. The van der Waals surface area contributed by atoms with E-state index in [1.165, 1.54) is 66.8 Å². The number of hydrogen-bond donors (Lipinski definition) is 0. The zero-order valence-corrected chi connectivity index (χ0v) is 81.3. The van der Waals surface area contributed by atoms with Gasteiger partial charge in [-0.3, -0.25) is 0 Å². The van der Waals surface area contributed by atoms with Crippen LogP contribution in [0.25, 0.3) is 135 Å². The molecule has 8 aromatic heterocycles. The number of aromatic nitrogens is 8. The number of benzene rings is 12. The second-order valence-corrected chi connectivity index (χ2v) is 28.7. The second-order valence-electron chi connectivity index (χ2n) is 28.7. The summed E-state index contributed by atoms with van der Waals surface area (Å²) < 4.78 is 0. The standard InChI is InChI=1S/4C18H14N.C12H10N.3C11H8N.4Ir/c1-14-12-18(16-10-6-3-7-11-16)19-13-17(14)15-8-4-2-5-9-15;1-14-7-12-18(19-13-14)17-10-8-16(9-11-17)15-5-3-2-4-6-15;2*1-14-11-12-19-18(13-14)17-9-7-16(8-10-17)15-5-3-2-4-6-15;1-10-6-5-9-12(13-10)11-7-3-2-4-8-11;3*1-2-6-10(7-3-1)11-8-4-5-9-12-11;;;;/h2*2-10,12-13H,1H3;2*2-9,11-13H,1H3;2-7,9H,1H3;3*1-6,8-9H;;;;/q8*-1;;;;. The molecular formula is C117H90Ir4N8-8. The van der Waals surface area contributed by atoms with E-state index in [0.717, 1.165) is 95.8 Å². The molecule has 0 aliphatic heterocycles. The summed E-state index contributed by atoms with van der Waals surface area (Å²) in [7, 11) is 0. The molecule has 0 unspecified atom stereocenters. The average Bonchev–Trinajstić information content (AvgIpc) is 0.820. The van der Waals surface area contributed by atoms with Crippen molar-refractivity contribution < 1.29 is 80.4 Å². The molecule has 0 N–H and O–H groups in total. The maximum absolute atomic E-state index is 4.55. The minimum Gasteiger partial charge on any atom is -0.305 e. The van der Waals surface area contributed by atoms with Gasteiger partial charge in [0.05, 0.1) is 0 Å². The van der Waals surface area contributed by atoms with Gasteiger partial charge in [0, 0.05) is 135 Å². The van der Waals surface area contributed by atoms with Gasteiger partial charge in [-0.25, -0.2) is 0 Å². The van der Waals surface area contributed by atoms with Gasteiger partial charge < -0.3 is 39.9 Å². The smallest absolute Gasteiger partial charge is 0.0266 e. The van der Waals surface area contributed by atoms with Crippen molar-refractivity contribution in [1.29, 1.82) is 0 Å². The maximum Gasteiger partial charge on any atom is 0.0266 e. The summed E-state index contributed by atoms with van der Waals surface area (Å²) >= 11 is 0. The molecular weight excluding hydrogens is 2290 g/mol. The molecule has 0 aliphatic rings. The van der Waals surface area contributed by atoms with Crippen LogP contribution >= 0.6 is 0 Å². The topological polar surface area (TPSA) is 103 Å². The molecule has 20 aromatic rings. The van der Waals surface area contributed by atoms with Gasteiger partial charge in [0.2, 0.25) is 0 Å². The van der Waals surface area contributed by atoms with Gasteiger partial charge in [-0.05, 0) is 133 Å². The molecule has 642 valence electrons. The van der Waals surface area contributed by atoms with E-state index in [9.17, 15) is 0 Å². The quantitative estimate of drug-likeness (QED) is 0.111. The number of hydrogen-bond acceptors (Lipinski definition) is 8. The summed E-state index contributed by atoms with van der Waals surface area (Å²) in [4.78, 5) is 34.8. The van der Waals surface area contributed by atoms with Crippen molar-refractivity contribution in [2.24, 2.45) is 0 Å². The molecule has 20 rings (SSSR count). The molecule has 8 heterocycles. The van der Waals surface area contributed by atoms with Crippen LogP contribution in [0.3, 0.4) is 0 Å². The molecule has 0 saturated carbocycles. The Labute approximate surface area is 814 Å². The van der Waals surface area contributed by atoms with Gasteiger partial charge in [-0.2, -0.15) is 0 Å². The first-order valence-electron chi connectivity index (χ1n) is 41.1. The van der Waals surface area contributed by atoms with E-state index >= 15 is 0 Å². The van der Waals surface area contributed by atoms with Gasteiger partial charge in [0.1, 0.15) is 0 Å². The summed E-state index contributed by atoms with van der Waals surface area (Å²) in [5.41, 5.74) is 31.5. The molecule has 12 aromatic carbocycles. The van der Waals surface area contributed by atoms with Crippen molar-refractivity contribution in [1.82, 2.24) is 39.9 Å². The SMILES string of the molecule is Cc1cc(-c2[c-]cccc2)ncc1-c1ccccc1.Cc1ccc(-c2[c-]cc(-c3ccccc3)cc2)nc1.Cc1cccc(-c2[c-]cccc2)n1.Cc1ccnc(-c2[c-]cc(-c3ccccc3)cc2)c1.Cc1ccnc(-c2[c-]cc(-c3ccccc3)cc2)c1.[Ir].[Ir].[Ir].[Ir].[c-]1ccccc1-c1ccccn1.[c-]1ccccc1-c1ccccn1.[c-]1ccccc1-c1ccccn1. The van der Waals surface area contributed by atoms with Crippen LogP contribution in [-0.4, -0.2) is 39.9 Å². The molecule has 0 atom stereocenters. The van der Waals surface area contributed by atoms with E-state index in [0.29, 0.717) is 0 Å². The second kappa shape index (κ2) is 54.5. The van der Waals surface area contributed by atoms with E-state index in [1.807, 2.05) is 342 Å². The van der Waals surface area contributed by atoms with E-state index in [1.54, 1.807) is 18.6 Å². The third kappa shape index (κ3) is 31.8. The molecule has 8 nitrogen and oxygen atoms in total. The first-order chi connectivity index (χ1) is 61.6. The van der Waals surface area contributed by atoms with Gasteiger partial charge >= 0.3 is 0 Å². The zero-order valence-electron chi connectivity index (χ0n) is 71.7. The van der Waals surface area contributed by atoms with Crippen LogP contribution in [0.1, 0.15) is 27.9 Å². The molecule has 4 radical (unpaired) electrons. The van der Waals surface area contributed by atoms with Crippen LogP contribution in [0.2, 0.25) is 0 Å². The summed E-state index contributed by atoms with van der Waals surface area (Å²) in [6, 6.07) is 163. The van der Waals surface area contributed by atoms with E-state index < -0.39 is 0 Å². The Balaban J connectivity index is 0.000000167. The normalized spacial score (nSPS) is 9.81. The fourth-order valence-corrected chi connectivity index (χ4v) is 12.8. The predicted octanol–water partition coefficient (Wildman–Crippen LogP) is 28.6. The largest absolute Gasteiger partial charge is 0.305 e. The fraction of sp³-hybridized carbons (Fsp3) is 0.0427. The average molecular weight is 2380 g/mol. The Hall–Kier alpha value is -13.6. The summed E-state index contributed by atoms with van der Waals surface area (Å²) in [6.07, 6.45) is 12.9. The van der Waals surface area contributed by atoms with Crippen molar-refractivity contribution in [2.75, 3.05) is 0 Å². The van der Waals surface area contributed by atoms with Crippen molar-refractivity contribution in [3.05, 3.63) is 532 Å². The van der Waals surface area contributed by atoms with Gasteiger partial charge in [-0.1, -0.05) is 245 Å². The van der Waals surface area contributed by atoms with Crippen LogP contribution in [0, 0.1) is 83.1 Å². The number of rotatable bonds is 12. The van der Waals surface area contributed by atoms with Crippen LogP contribution in [0.5, 0.6) is 0 Å². The fourth-order valence-electron chi connectivity index (χ4n) is 12.8. The Morgan fingerprint density at radius 1 is 0.186 bits per heavy atom. The van der Waals surface area contributed by atoms with Crippen molar-refractivity contribution >= 4 is 0 Å². The zero-order chi connectivity index (χ0) is 86.1. The Bertz CT molecular complexity index is 6070. The van der Waals surface area contributed by atoms with Crippen LogP contribution in [0.15, 0.2) is 456 Å². The predicted molar refractivity (Wildman–Crippen MR) is 514 cm³/mol. The molecule has 0 spiro atoms. The molecule has 0 aliphatic carbocycles. The van der Waals surface area contributed by atoms with E-state index in [-0.39, 0.29) is 80.4 Å². The van der Waals surface area contributed by atoms with Crippen molar-refractivity contribution in [2.45, 2.75) is 34.6 Å². The molecule has 0 bridgehead atoms. The summed E-state index contributed by atoms with van der Waals surface area (Å²) in [5, 5.41) is 0. The third-order valence-corrected chi connectivity index (χ3v) is 19.3. The first kappa shape index (κ1) is 99.2. The molecule has 129 heavy (non-hydrogen) atoms. The minimum atomic E-state index is 0. The van der Waals surface area contributed by atoms with Crippen molar-refractivity contribution in [3.8, 4) is 135 Å². The summed E-state index contributed by atoms with van der Waals surface area (Å²) in [6.45, 7) is 10.3. The number of aryl methyl sites for hydroxylation is 5. The Kier molecular flexibility index (Phi) is 41.9. The molecule has 0 fully saturated rings. The first-order valence-corrected chi connectivity index (χ1v) is 41.1. The summed E-state index contributed by atoms with van der Waals surface area (Å²) in [5.74, 6) is 0. The van der Waals surface area contributed by atoms with Gasteiger partial charge in [0.25, 0.3) is 0 Å². The van der Waals surface area contributed by atoms with Crippen LogP contribution in [-0.2, 0) is 80.4 Å². The Morgan fingerprint density at radius 2 is 0.488 bits per heavy atom. The van der Waals surface area contributed by atoms with Crippen LogP contribution in [0.4, 0.5) is 0 Å². The van der Waals surface area contributed by atoms with E-state index in [4.69, 9.17) is 0 Å². The number of nitrogens with zero attached hydrogens (tertiary/aromatic N) is 8. The molecule has 0 saturated heterocycles. The van der Waals surface area contributed by atoms with Crippen LogP contribution < -0.4 is 0 Å². The maximum atomic E-state index is 4.55. The molecule has 12 heteroatoms. The van der Waals surface area contributed by atoms with E-state index in [2.05, 4.69) is 218 Å². The number of pyridine rings is 8. The third-order valence-electron chi connectivity index (χ3n) is 19.3. The Morgan fingerprint density at radius 3 is 0.798 bits per heavy atom. The minimum absolute atomic E-state index is 0. The van der Waals surface area contributed by atoms with Gasteiger partial charge in [0.15, 0.2) is 0 Å². The van der Waals surface area contributed by atoms with Crippen molar-refractivity contribution in [3.63, 3.8) is 0 Å². The van der Waals surface area contributed by atoms with Gasteiger partial charge in [-0.15, -0.1) is 269 Å².